The van der Waals surface area contributed by atoms with Crippen LogP contribution in [0.4, 0.5) is 0 Å². The Morgan fingerprint density at radius 2 is 2.44 bits per heavy atom. The molecule has 1 aliphatic rings. The summed E-state index contributed by atoms with van der Waals surface area (Å²) in [4.78, 5) is 10.4. The third kappa shape index (κ3) is 2.18. The van der Waals surface area contributed by atoms with E-state index in [4.69, 9.17) is 4.98 Å². The third-order valence-corrected chi connectivity index (χ3v) is 4.57. The second-order valence-corrected chi connectivity index (χ2v) is 5.60. The van der Waals surface area contributed by atoms with Crippen LogP contribution >= 0.6 is 11.3 Å². The van der Waals surface area contributed by atoms with Crippen molar-refractivity contribution in [1.82, 2.24) is 15.3 Å². The van der Waals surface area contributed by atoms with Crippen molar-refractivity contribution in [2.24, 2.45) is 0 Å². The molecule has 4 heteroatoms. The lowest BCUT2D eigenvalue weighted by Gasteiger charge is -2.21. The van der Waals surface area contributed by atoms with Crippen molar-refractivity contribution in [3.63, 3.8) is 0 Å². The first-order valence-electron chi connectivity index (χ1n) is 6.52. The van der Waals surface area contributed by atoms with Crippen molar-refractivity contribution >= 4 is 11.3 Å². The van der Waals surface area contributed by atoms with Crippen molar-refractivity contribution in [1.29, 1.82) is 0 Å². The summed E-state index contributed by atoms with van der Waals surface area (Å²) >= 11 is 1.82. The molecule has 1 atom stereocenters. The number of nitrogens with zero attached hydrogens (tertiary/aromatic N) is 2. The van der Waals surface area contributed by atoms with E-state index >= 15 is 0 Å². The molecule has 0 saturated carbocycles. The van der Waals surface area contributed by atoms with E-state index in [2.05, 4.69) is 23.3 Å². The van der Waals surface area contributed by atoms with E-state index in [0.717, 1.165) is 23.5 Å². The zero-order chi connectivity index (χ0) is 12.4. The van der Waals surface area contributed by atoms with Gasteiger partial charge in [0.2, 0.25) is 0 Å². The molecule has 0 bridgehead atoms. The molecule has 0 spiro atoms. The van der Waals surface area contributed by atoms with Crippen LogP contribution < -0.4 is 5.32 Å². The Bertz CT molecular complexity index is 521. The maximum Gasteiger partial charge on any atom is 0.125 e. The standard InChI is InChI=1S/C14H17N3S/c1-2-16-11-6-3-7-12-13(11)18-14(17-12)10-5-4-8-15-9-10/h4-5,8-9,11,16H,2-3,6-7H2,1H3. The summed E-state index contributed by atoms with van der Waals surface area (Å²) in [7, 11) is 0. The zero-order valence-corrected chi connectivity index (χ0v) is 11.3. The Morgan fingerprint density at radius 1 is 1.50 bits per heavy atom. The fourth-order valence-electron chi connectivity index (χ4n) is 2.47. The van der Waals surface area contributed by atoms with Gasteiger partial charge < -0.3 is 5.32 Å². The molecule has 1 aliphatic carbocycles. The molecule has 0 aliphatic heterocycles. The molecule has 94 valence electrons. The van der Waals surface area contributed by atoms with E-state index in [-0.39, 0.29) is 0 Å². The minimum absolute atomic E-state index is 0.502. The van der Waals surface area contributed by atoms with Crippen LogP contribution in [0.5, 0.6) is 0 Å². The third-order valence-electron chi connectivity index (χ3n) is 3.31. The molecule has 1 unspecified atom stereocenters. The summed E-state index contributed by atoms with van der Waals surface area (Å²) in [6.07, 6.45) is 7.29. The highest BCUT2D eigenvalue weighted by atomic mass is 32.1. The summed E-state index contributed by atoms with van der Waals surface area (Å²) < 4.78 is 0. The molecular formula is C14H17N3S. The predicted molar refractivity (Wildman–Crippen MR) is 74.7 cm³/mol. The van der Waals surface area contributed by atoms with Crippen LogP contribution in [-0.4, -0.2) is 16.5 Å². The van der Waals surface area contributed by atoms with Crippen molar-refractivity contribution < 1.29 is 0 Å². The van der Waals surface area contributed by atoms with Crippen LogP contribution in [0, 0.1) is 0 Å². The number of pyridine rings is 1. The van der Waals surface area contributed by atoms with Crippen LogP contribution in [0.15, 0.2) is 24.5 Å². The Balaban J connectivity index is 1.96. The first kappa shape index (κ1) is 11.8. The molecule has 0 amide bonds. The Labute approximate surface area is 111 Å². The van der Waals surface area contributed by atoms with E-state index < -0.39 is 0 Å². The maximum atomic E-state index is 4.79. The molecule has 18 heavy (non-hydrogen) atoms. The smallest absolute Gasteiger partial charge is 0.125 e. The fraction of sp³-hybridized carbons (Fsp3) is 0.429. The van der Waals surface area contributed by atoms with Gasteiger partial charge in [-0.15, -0.1) is 11.3 Å². The molecule has 2 aromatic heterocycles. The minimum atomic E-state index is 0.502. The van der Waals surface area contributed by atoms with Gasteiger partial charge in [0.25, 0.3) is 0 Å². The van der Waals surface area contributed by atoms with Gasteiger partial charge in [-0.3, -0.25) is 4.98 Å². The van der Waals surface area contributed by atoms with E-state index in [9.17, 15) is 0 Å². The maximum absolute atomic E-state index is 4.79. The number of fused-ring (bicyclic) bond motifs is 1. The van der Waals surface area contributed by atoms with Gasteiger partial charge in [0.15, 0.2) is 0 Å². The van der Waals surface area contributed by atoms with E-state index in [1.165, 1.54) is 23.4 Å². The largest absolute Gasteiger partial charge is 0.309 e. The SMILES string of the molecule is CCNC1CCCc2nc(-c3cccnc3)sc21. The molecule has 0 radical (unpaired) electrons. The normalized spacial score (nSPS) is 18.6. The fourth-order valence-corrected chi connectivity index (χ4v) is 3.69. The summed E-state index contributed by atoms with van der Waals surface area (Å²) in [5.74, 6) is 0. The van der Waals surface area contributed by atoms with E-state index in [0.29, 0.717) is 6.04 Å². The van der Waals surface area contributed by atoms with Gasteiger partial charge in [0.05, 0.1) is 5.69 Å². The molecular weight excluding hydrogens is 242 g/mol. The number of nitrogens with one attached hydrogen (secondary N) is 1. The topological polar surface area (TPSA) is 37.8 Å². The second kappa shape index (κ2) is 5.16. The molecule has 0 aromatic carbocycles. The van der Waals surface area contributed by atoms with E-state index in [1.807, 2.05) is 23.6 Å². The van der Waals surface area contributed by atoms with Crippen molar-refractivity contribution in [3.05, 3.63) is 35.1 Å². The molecule has 0 fully saturated rings. The van der Waals surface area contributed by atoms with Gasteiger partial charge in [-0.05, 0) is 37.9 Å². The van der Waals surface area contributed by atoms with Gasteiger partial charge >= 0.3 is 0 Å². The molecule has 1 N–H and O–H groups in total. The molecule has 2 heterocycles. The van der Waals surface area contributed by atoms with Gasteiger partial charge in [-0.1, -0.05) is 6.92 Å². The average molecular weight is 259 g/mol. The Morgan fingerprint density at radius 3 is 3.22 bits per heavy atom. The van der Waals surface area contributed by atoms with Gasteiger partial charge in [-0.25, -0.2) is 4.98 Å². The summed E-state index contributed by atoms with van der Waals surface area (Å²) in [6.45, 7) is 3.18. The van der Waals surface area contributed by atoms with Gasteiger partial charge in [0.1, 0.15) is 5.01 Å². The number of rotatable bonds is 3. The van der Waals surface area contributed by atoms with Crippen LogP contribution in [0.1, 0.15) is 36.4 Å². The van der Waals surface area contributed by atoms with Gasteiger partial charge in [-0.2, -0.15) is 0 Å². The first-order chi connectivity index (χ1) is 8.88. The number of hydrogen-bond acceptors (Lipinski definition) is 4. The van der Waals surface area contributed by atoms with Crippen LogP contribution in [0.25, 0.3) is 10.6 Å². The van der Waals surface area contributed by atoms with Crippen LogP contribution in [0.3, 0.4) is 0 Å². The van der Waals surface area contributed by atoms with Crippen molar-refractivity contribution in [3.8, 4) is 10.6 Å². The molecule has 3 nitrogen and oxygen atoms in total. The second-order valence-electron chi connectivity index (χ2n) is 4.57. The zero-order valence-electron chi connectivity index (χ0n) is 10.5. The molecule has 3 rings (SSSR count). The highest BCUT2D eigenvalue weighted by Crippen LogP contribution is 2.37. The quantitative estimate of drug-likeness (QED) is 0.920. The lowest BCUT2D eigenvalue weighted by molar-refractivity contribution is 0.476. The predicted octanol–water partition coefficient (Wildman–Crippen LogP) is 3.19. The van der Waals surface area contributed by atoms with E-state index in [1.54, 1.807) is 6.20 Å². The molecule has 0 saturated heterocycles. The first-order valence-corrected chi connectivity index (χ1v) is 7.33. The van der Waals surface area contributed by atoms with Crippen LogP contribution in [-0.2, 0) is 6.42 Å². The monoisotopic (exact) mass is 259 g/mol. The Hall–Kier alpha value is -1.26. The summed E-state index contributed by atoms with van der Waals surface area (Å²) in [6, 6.07) is 4.55. The van der Waals surface area contributed by atoms with Crippen molar-refractivity contribution in [2.75, 3.05) is 6.54 Å². The summed E-state index contributed by atoms with van der Waals surface area (Å²) in [5.41, 5.74) is 2.42. The van der Waals surface area contributed by atoms with Gasteiger partial charge in [0, 0.05) is 28.9 Å². The van der Waals surface area contributed by atoms with Crippen molar-refractivity contribution in [2.45, 2.75) is 32.2 Å². The lowest BCUT2D eigenvalue weighted by atomic mass is 9.98. The Kier molecular flexibility index (Phi) is 3.39. The number of aryl methyl sites for hydroxylation is 1. The lowest BCUT2D eigenvalue weighted by Crippen LogP contribution is -2.23. The molecule has 2 aromatic rings. The number of hydrogen-bond donors (Lipinski definition) is 1. The number of thiazole rings is 1. The summed E-state index contributed by atoms with van der Waals surface area (Å²) in [5, 5.41) is 4.67. The average Bonchev–Trinajstić information content (AvgIpc) is 2.85. The highest BCUT2D eigenvalue weighted by molar-refractivity contribution is 7.15. The number of aromatic nitrogens is 2. The highest BCUT2D eigenvalue weighted by Gasteiger charge is 2.24. The van der Waals surface area contributed by atoms with Crippen LogP contribution in [0.2, 0.25) is 0 Å². The minimum Gasteiger partial charge on any atom is -0.309 e.